The molecule has 0 saturated carbocycles. The standard InChI is InChI=1S/C11H13N5OS/c1-13-10(17)7-3-4-9(8(12)5-7)18-11-15-14-6-16(11)2/h3-6H,12H2,1-2H3,(H,13,17). The molecule has 0 unspecified atom stereocenters. The third-order valence-electron chi connectivity index (χ3n) is 2.37. The predicted octanol–water partition coefficient (Wildman–Crippen LogP) is 0.908. The van der Waals surface area contributed by atoms with E-state index in [1.165, 1.54) is 11.8 Å². The molecular formula is C11H13N5OS. The van der Waals surface area contributed by atoms with Crippen molar-refractivity contribution in [1.29, 1.82) is 0 Å². The molecule has 0 fully saturated rings. The van der Waals surface area contributed by atoms with Gasteiger partial charge in [0.15, 0.2) is 5.16 Å². The third kappa shape index (κ3) is 2.45. The number of nitrogens with one attached hydrogen (secondary N) is 1. The number of carbonyl (C=O) groups is 1. The SMILES string of the molecule is CNC(=O)c1ccc(Sc2nncn2C)c(N)c1. The Labute approximate surface area is 109 Å². The minimum Gasteiger partial charge on any atom is -0.398 e. The highest BCUT2D eigenvalue weighted by Gasteiger charge is 2.10. The molecule has 1 aromatic carbocycles. The Morgan fingerprint density at radius 1 is 1.50 bits per heavy atom. The Kier molecular flexibility index (Phi) is 3.52. The quantitative estimate of drug-likeness (QED) is 0.804. The van der Waals surface area contributed by atoms with Gasteiger partial charge >= 0.3 is 0 Å². The monoisotopic (exact) mass is 263 g/mol. The van der Waals surface area contributed by atoms with Crippen LogP contribution < -0.4 is 11.1 Å². The van der Waals surface area contributed by atoms with Gasteiger partial charge < -0.3 is 15.6 Å². The highest BCUT2D eigenvalue weighted by Crippen LogP contribution is 2.30. The van der Waals surface area contributed by atoms with Crippen LogP contribution in [0.1, 0.15) is 10.4 Å². The third-order valence-corrected chi connectivity index (χ3v) is 3.51. The fraction of sp³-hybridized carbons (Fsp3) is 0.182. The van der Waals surface area contributed by atoms with Gasteiger partial charge in [-0.1, -0.05) is 0 Å². The molecule has 18 heavy (non-hydrogen) atoms. The summed E-state index contributed by atoms with van der Waals surface area (Å²) < 4.78 is 1.80. The number of hydrogen-bond donors (Lipinski definition) is 2. The Balaban J connectivity index is 2.25. The summed E-state index contributed by atoms with van der Waals surface area (Å²) in [6.07, 6.45) is 1.62. The van der Waals surface area contributed by atoms with E-state index in [0.29, 0.717) is 11.3 Å². The van der Waals surface area contributed by atoms with Crippen molar-refractivity contribution in [3.05, 3.63) is 30.1 Å². The lowest BCUT2D eigenvalue weighted by molar-refractivity contribution is 0.0963. The summed E-state index contributed by atoms with van der Waals surface area (Å²) in [5, 5.41) is 11.1. The molecule has 0 aliphatic carbocycles. The van der Waals surface area contributed by atoms with E-state index in [4.69, 9.17) is 5.73 Å². The zero-order chi connectivity index (χ0) is 13.1. The van der Waals surface area contributed by atoms with E-state index in [0.717, 1.165) is 10.1 Å². The van der Waals surface area contributed by atoms with Crippen molar-refractivity contribution < 1.29 is 4.79 Å². The Hall–Kier alpha value is -2.02. The number of rotatable bonds is 3. The average molecular weight is 263 g/mol. The van der Waals surface area contributed by atoms with Crippen LogP contribution >= 0.6 is 11.8 Å². The van der Waals surface area contributed by atoms with Crippen molar-refractivity contribution in [3.8, 4) is 0 Å². The molecule has 0 aliphatic rings. The smallest absolute Gasteiger partial charge is 0.251 e. The topological polar surface area (TPSA) is 85.8 Å². The van der Waals surface area contributed by atoms with Crippen LogP contribution in [-0.2, 0) is 7.05 Å². The molecule has 0 saturated heterocycles. The largest absolute Gasteiger partial charge is 0.398 e. The zero-order valence-electron chi connectivity index (χ0n) is 10.0. The second-order valence-corrected chi connectivity index (χ2v) is 4.67. The molecule has 3 N–H and O–H groups in total. The minimum atomic E-state index is -0.156. The number of aryl methyl sites for hydroxylation is 1. The van der Waals surface area contributed by atoms with Crippen LogP contribution in [-0.4, -0.2) is 27.7 Å². The first kappa shape index (κ1) is 12.4. The summed E-state index contributed by atoms with van der Waals surface area (Å²) in [5.41, 5.74) is 7.01. The van der Waals surface area contributed by atoms with Gasteiger partial charge in [-0.15, -0.1) is 10.2 Å². The molecule has 0 aliphatic heterocycles. The van der Waals surface area contributed by atoms with Gasteiger partial charge in [0.1, 0.15) is 6.33 Å². The maximum Gasteiger partial charge on any atom is 0.251 e. The Morgan fingerprint density at radius 3 is 2.83 bits per heavy atom. The molecule has 94 valence electrons. The second-order valence-electron chi connectivity index (χ2n) is 3.66. The number of nitrogens with two attached hydrogens (primary N) is 1. The van der Waals surface area contributed by atoms with Crippen LogP contribution in [0, 0.1) is 0 Å². The number of hydrogen-bond acceptors (Lipinski definition) is 5. The van der Waals surface area contributed by atoms with Gasteiger partial charge in [0, 0.05) is 30.2 Å². The summed E-state index contributed by atoms with van der Waals surface area (Å²) in [4.78, 5) is 12.3. The van der Waals surface area contributed by atoms with Gasteiger partial charge in [0.05, 0.1) is 0 Å². The molecule has 1 aromatic heterocycles. The lowest BCUT2D eigenvalue weighted by atomic mass is 10.2. The van der Waals surface area contributed by atoms with Crippen molar-refractivity contribution in [1.82, 2.24) is 20.1 Å². The van der Waals surface area contributed by atoms with Gasteiger partial charge in [0.25, 0.3) is 5.91 Å². The fourth-order valence-electron chi connectivity index (χ4n) is 1.39. The lowest BCUT2D eigenvalue weighted by Gasteiger charge is -2.06. The number of anilines is 1. The first-order valence-corrected chi connectivity index (χ1v) is 6.07. The van der Waals surface area contributed by atoms with E-state index in [-0.39, 0.29) is 5.91 Å². The summed E-state index contributed by atoms with van der Waals surface area (Å²) in [5.74, 6) is -0.156. The van der Waals surface area contributed by atoms with Crippen LogP contribution in [0.3, 0.4) is 0 Å². The zero-order valence-corrected chi connectivity index (χ0v) is 10.9. The van der Waals surface area contributed by atoms with E-state index in [1.807, 2.05) is 7.05 Å². The molecule has 7 heteroatoms. The molecular weight excluding hydrogens is 250 g/mol. The van der Waals surface area contributed by atoms with E-state index in [2.05, 4.69) is 15.5 Å². The van der Waals surface area contributed by atoms with Crippen LogP contribution in [0.15, 0.2) is 34.6 Å². The number of nitrogen functional groups attached to an aromatic ring is 1. The molecule has 1 amide bonds. The number of benzene rings is 1. The van der Waals surface area contributed by atoms with E-state index in [9.17, 15) is 4.79 Å². The maximum atomic E-state index is 11.4. The molecule has 0 atom stereocenters. The van der Waals surface area contributed by atoms with E-state index in [1.54, 1.807) is 36.1 Å². The lowest BCUT2D eigenvalue weighted by Crippen LogP contribution is -2.17. The fourth-order valence-corrected chi connectivity index (χ4v) is 2.18. The first-order chi connectivity index (χ1) is 8.61. The summed E-state index contributed by atoms with van der Waals surface area (Å²) in [6.45, 7) is 0. The Morgan fingerprint density at radius 2 is 2.28 bits per heavy atom. The van der Waals surface area contributed by atoms with Crippen molar-refractivity contribution in [2.24, 2.45) is 7.05 Å². The van der Waals surface area contributed by atoms with Crippen molar-refractivity contribution >= 4 is 23.4 Å². The number of carbonyl (C=O) groups excluding carboxylic acids is 1. The molecule has 2 rings (SSSR count). The highest BCUT2D eigenvalue weighted by molar-refractivity contribution is 7.99. The minimum absolute atomic E-state index is 0.156. The molecule has 0 spiro atoms. The van der Waals surface area contributed by atoms with Crippen molar-refractivity contribution in [2.45, 2.75) is 10.1 Å². The van der Waals surface area contributed by atoms with Crippen molar-refractivity contribution in [2.75, 3.05) is 12.8 Å². The second kappa shape index (κ2) is 5.09. The van der Waals surface area contributed by atoms with Crippen LogP contribution in [0.25, 0.3) is 0 Å². The number of nitrogens with zero attached hydrogens (tertiary/aromatic N) is 3. The van der Waals surface area contributed by atoms with Gasteiger partial charge in [-0.2, -0.15) is 0 Å². The summed E-state index contributed by atoms with van der Waals surface area (Å²) in [6, 6.07) is 5.19. The van der Waals surface area contributed by atoms with Gasteiger partial charge in [-0.25, -0.2) is 0 Å². The normalized spacial score (nSPS) is 10.3. The molecule has 6 nitrogen and oxygen atoms in total. The van der Waals surface area contributed by atoms with E-state index >= 15 is 0 Å². The highest BCUT2D eigenvalue weighted by atomic mass is 32.2. The summed E-state index contributed by atoms with van der Waals surface area (Å²) >= 11 is 1.41. The van der Waals surface area contributed by atoms with Crippen LogP contribution in [0.4, 0.5) is 5.69 Å². The van der Waals surface area contributed by atoms with E-state index < -0.39 is 0 Å². The van der Waals surface area contributed by atoms with Gasteiger partial charge in [-0.05, 0) is 30.0 Å². The molecule has 0 bridgehead atoms. The average Bonchev–Trinajstić information content (AvgIpc) is 2.76. The number of aromatic nitrogens is 3. The first-order valence-electron chi connectivity index (χ1n) is 5.25. The molecule has 2 aromatic rings. The maximum absolute atomic E-state index is 11.4. The summed E-state index contributed by atoms with van der Waals surface area (Å²) in [7, 11) is 3.44. The van der Waals surface area contributed by atoms with Crippen LogP contribution in [0.5, 0.6) is 0 Å². The molecule has 1 heterocycles. The molecule has 0 radical (unpaired) electrons. The van der Waals surface area contributed by atoms with Crippen LogP contribution in [0.2, 0.25) is 0 Å². The van der Waals surface area contributed by atoms with Gasteiger partial charge in [0.2, 0.25) is 0 Å². The number of amides is 1. The predicted molar refractivity (Wildman–Crippen MR) is 69.4 cm³/mol. The van der Waals surface area contributed by atoms with Crippen molar-refractivity contribution in [3.63, 3.8) is 0 Å². The van der Waals surface area contributed by atoms with Gasteiger partial charge in [-0.3, -0.25) is 4.79 Å². The Bertz CT molecular complexity index is 581.